The van der Waals surface area contributed by atoms with Crippen molar-refractivity contribution in [3.63, 3.8) is 0 Å². The first-order valence-electron chi connectivity index (χ1n) is 5.33. The molecule has 3 nitrogen and oxygen atoms in total. The lowest BCUT2D eigenvalue weighted by molar-refractivity contribution is -0.400. The van der Waals surface area contributed by atoms with Crippen LogP contribution < -0.4 is 0 Å². The molecule has 0 aliphatic rings. The van der Waals surface area contributed by atoms with E-state index in [2.05, 4.69) is 0 Å². The third-order valence-electron chi connectivity index (χ3n) is 2.49. The predicted octanol–water partition coefficient (Wildman–Crippen LogP) is 4.25. The minimum absolute atomic E-state index is 0.474. The Bertz CT molecular complexity index is 591. The lowest BCUT2D eigenvalue weighted by Crippen LogP contribution is -1.86. The maximum atomic E-state index is 10.4. The summed E-state index contributed by atoms with van der Waals surface area (Å²) in [5.74, 6) is 0. The van der Waals surface area contributed by atoms with Crippen LogP contribution in [0.1, 0.15) is 5.56 Å². The van der Waals surface area contributed by atoms with Crippen LogP contribution in [-0.4, -0.2) is 4.92 Å². The van der Waals surface area contributed by atoms with Crippen LogP contribution >= 0.6 is 11.6 Å². The van der Waals surface area contributed by atoms with Crippen molar-refractivity contribution in [2.24, 2.45) is 0 Å². The van der Waals surface area contributed by atoms with Gasteiger partial charge in [0, 0.05) is 11.1 Å². The standard InChI is InChI=1S/C14H10ClNO2/c15-13-7-5-12(6-8-13)14-4-2-1-3-11(14)9-10-16(17)18/h1-10H. The summed E-state index contributed by atoms with van der Waals surface area (Å²) in [6, 6.07) is 14.9. The van der Waals surface area contributed by atoms with Crippen LogP contribution in [0.2, 0.25) is 5.02 Å². The fourth-order valence-electron chi connectivity index (χ4n) is 1.68. The van der Waals surface area contributed by atoms with E-state index in [0.717, 1.165) is 22.9 Å². The summed E-state index contributed by atoms with van der Waals surface area (Å²) in [6.45, 7) is 0. The molecule has 0 radical (unpaired) electrons. The van der Waals surface area contributed by atoms with Crippen LogP contribution in [-0.2, 0) is 0 Å². The van der Waals surface area contributed by atoms with Gasteiger partial charge < -0.3 is 0 Å². The van der Waals surface area contributed by atoms with Gasteiger partial charge in [0.2, 0.25) is 6.20 Å². The zero-order valence-electron chi connectivity index (χ0n) is 9.42. The summed E-state index contributed by atoms with van der Waals surface area (Å²) in [5.41, 5.74) is 2.71. The van der Waals surface area contributed by atoms with Gasteiger partial charge in [-0.05, 0) is 28.8 Å². The highest BCUT2D eigenvalue weighted by molar-refractivity contribution is 6.30. The zero-order valence-corrected chi connectivity index (χ0v) is 10.2. The molecule has 0 heterocycles. The molecule has 0 aromatic heterocycles. The van der Waals surface area contributed by atoms with E-state index in [0.29, 0.717) is 5.02 Å². The third kappa shape index (κ3) is 2.96. The zero-order chi connectivity index (χ0) is 13.0. The summed E-state index contributed by atoms with van der Waals surface area (Å²) in [7, 11) is 0. The molecule has 0 bridgehead atoms. The topological polar surface area (TPSA) is 43.1 Å². The Kier molecular flexibility index (Phi) is 3.75. The SMILES string of the molecule is O=[N+]([O-])C=Cc1ccccc1-c1ccc(Cl)cc1. The first-order chi connectivity index (χ1) is 8.66. The number of hydrogen-bond donors (Lipinski definition) is 0. The Morgan fingerprint density at radius 3 is 2.39 bits per heavy atom. The summed E-state index contributed by atoms with van der Waals surface area (Å²) in [6.07, 6.45) is 2.43. The van der Waals surface area contributed by atoms with Crippen molar-refractivity contribution in [1.29, 1.82) is 0 Å². The maximum Gasteiger partial charge on any atom is 0.235 e. The van der Waals surface area contributed by atoms with Gasteiger partial charge in [-0.1, -0.05) is 48.0 Å². The highest BCUT2D eigenvalue weighted by Crippen LogP contribution is 2.25. The highest BCUT2D eigenvalue weighted by atomic mass is 35.5. The molecule has 0 unspecified atom stereocenters. The number of rotatable bonds is 3. The molecule has 0 saturated heterocycles. The Morgan fingerprint density at radius 1 is 1.06 bits per heavy atom. The maximum absolute atomic E-state index is 10.4. The third-order valence-corrected chi connectivity index (χ3v) is 2.74. The number of benzene rings is 2. The molecular weight excluding hydrogens is 250 g/mol. The minimum Gasteiger partial charge on any atom is -0.259 e. The molecule has 90 valence electrons. The molecular formula is C14H10ClNO2. The van der Waals surface area contributed by atoms with Gasteiger partial charge in [0.05, 0.1) is 4.92 Å². The second-order valence-corrected chi connectivity index (χ2v) is 4.13. The fourth-order valence-corrected chi connectivity index (χ4v) is 1.80. The van der Waals surface area contributed by atoms with Crippen LogP contribution in [0.4, 0.5) is 0 Å². The van der Waals surface area contributed by atoms with Crippen molar-refractivity contribution in [3.05, 3.63) is 75.4 Å². The van der Waals surface area contributed by atoms with E-state index in [4.69, 9.17) is 11.6 Å². The van der Waals surface area contributed by atoms with Gasteiger partial charge in [0.15, 0.2) is 0 Å². The lowest BCUT2D eigenvalue weighted by Gasteiger charge is -2.05. The van der Waals surface area contributed by atoms with E-state index in [1.54, 1.807) is 12.1 Å². The van der Waals surface area contributed by atoms with E-state index < -0.39 is 4.92 Å². The summed E-state index contributed by atoms with van der Waals surface area (Å²) >= 11 is 5.84. The van der Waals surface area contributed by atoms with Crippen molar-refractivity contribution in [2.75, 3.05) is 0 Å². The minimum atomic E-state index is -0.474. The molecule has 0 amide bonds. The Balaban J connectivity index is 2.44. The van der Waals surface area contributed by atoms with Gasteiger partial charge in [-0.15, -0.1) is 0 Å². The van der Waals surface area contributed by atoms with E-state index in [-0.39, 0.29) is 0 Å². The number of hydrogen-bond acceptors (Lipinski definition) is 2. The molecule has 2 aromatic rings. The smallest absolute Gasteiger partial charge is 0.235 e. The molecule has 18 heavy (non-hydrogen) atoms. The molecule has 0 N–H and O–H groups in total. The first kappa shape index (κ1) is 12.3. The summed E-state index contributed by atoms with van der Waals surface area (Å²) < 4.78 is 0. The van der Waals surface area contributed by atoms with Gasteiger partial charge in [-0.3, -0.25) is 10.1 Å². The first-order valence-corrected chi connectivity index (χ1v) is 5.71. The summed E-state index contributed by atoms with van der Waals surface area (Å²) in [4.78, 5) is 9.89. The van der Waals surface area contributed by atoms with Gasteiger partial charge >= 0.3 is 0 Å². The van der Waals surface area contributed by atoms with E-state index in [9.17, 15) is 10.1 Å². The second kappa shape index (κ2) is 5.47. The van der Waals surface area contributed by atoms with E-state index >= 15 is 0 Å². The van der Waals surface area contributed by atoms with Crippen molar-refractivity contribution >= 4 is 17.7 Å². The number of halogens is 1. The normalized spacial score (nSPS) is 10.7. The lowest BCUT2D eigenvalue weighted by atomic mass is 10.00. The number of nitro groups is 1. The summed E-state index contributed by atoms with van der Waals surface area (Å²) in [5, 5.41) is 11.0. The van der Waals surface area contributed by atoms with E-state index in [1.807, 2.05) is 36.4 Å². The van der Waals surface area contributed by atoms with Gasteiger partial charge in [0.1, 0.15) is 0 Å². The van der Waals surface area contributed by atoms with Crippen LogP contribution in [0.15, 0.2) is 54.7 Å². The average Bonchev–Trinajstić information content (AvgIpc) is 2.38. The van der Waals surface area contributed by atoms with Crippen LogP contribution in [0.3, 0.4) is 0 Å². The molecule has 0 atom stereocenters. The van der Waals surface area contributed by atoms with Crippen LogP contribution in [0.25, 0.3) is 17.2 Å². The van der Waals surface area contributed by atoms with Gasteiger partial charge in [-0.2, -0.15) is 0 Å². The Labute approximate surface area is 109 Å². The molecule has 0 fully saturated rings. The predicted molar refractivity (Wildman–Crippen MR) is 72.9 cm³/mol. The molecule has 0 saturated carbocycles. The van der Waals surface area contributed by atoms with E-state index in [1.165, 1.54) is 6.08 Å². The van der Waals surface area contributed by atoms with Crippen LogP contribution in [0, 0.1) is 10.1 Å². The van der Waals surface area contributed by atoms with Gasteiger partial charge in [-0.25, -0.2) is 0 Å². The second-order valence-electron chi connectivity index (χ2n) is 3.70. The number of nitrogens with zero attached hydrogens (tertiary/aromatic N) is 1. The molecule has 0 spiro atoms. The molecule has 2 aromatic carbocycles. The quantitative estimate of drug-likeness (QED) is 0.611. The average molecular weight is 260 g/mol. The molecule has 0 aliphatic carbocycles. The van der Waals surface area contributed by atoms with Crippen molar-refractivity contribution in [1.82, 2.24) is 0 Å². The molecule has 2 rings (SSSR count). The fraction of sp³-hybridized carbons (Fsp3) is 0. The monoisotopic (exact) mass is 259 g/mol. The van der Waals surface area contributed by atoms with Crippen molar-refractivity contribution in [2.45, 2.75) is 0 Å². The van der Waals surface area contributed by atoms with Crippen molar-refractivity contribution < 1.29 is 4.92 Å². The highest BCUT2D eigenvalue weighted by Gasteiger charge is 2.03. The molecule has 4 heteroatoms. The van der Waals surface area contributed by atoms with Gasteiger partial charge in [0.25, 0.3) is 0 Å². The Morgan fingerprint density at radius 2 is 1.72 bits per heavy atom. The van der Waals surface area contributed by atoms with Crippen LogP contribution in [0.5, 0.6) is 0 Å². The Hall–Kier alpha value is -2.13. The molecule has 0 aliphatic heterocycles. The largest absolute Gasteiger partial charge is 0.259 e. The van der Waals surface area contributed by atoms with Crippen molar-refractivity contribution in [3.8, 4) is 11.1 Å².